The predicted octanol–water partition coefficient (Wildman–Crippen LogP) is 2.49. The van der Waals surface area contributed by atoms with Crippen molar-refractivity contribution in [1.29, 1.82) is 5.41 Å². The van der Waals surface area contributed by atoms with Crippen LogP contribution in [-0.2, 0) is 4.74 Å². The van der Waals surface area contributed by atoms with Crippen LogP contribution < -0.4 is 15.1 Å². The first-order chi connectivity index (χ1) is 17.9. The first kappa shape index (κ1) is 24.8. The molecule has 0 amide bonds. The number of hydrogen-bond acceptors (Lipinski definition) is 9. The summed E-state index contributed by atoms with van der Waals surface area (Å²) in [6.07, 6.45) is 3.93. The molecule has 1 atom stereocenters. The summed E-state index contributed by atoms with van der Waals surface area (Å²) in [5.74, 6) is 8.28. The second-order valence-corrected chi connectivity index (χ2v) is 9.70. The molecule has 3 aromatic rings. The second kappa shape index (κ2) is 10.2. The van der Waals surface area contributed by atoms with Crippen molar-refractivity contribution in [2.75, 3.05) is 48.0 Å². The molecule has 0 aromatic carbocycles. The number of aryl methyl sites for hydroxylation is 2. The van der Waals surface area contributed by atoms with Crippen molar-refractivity contribution >= 4 is 29.4 Å². The lowest BCUT2D eigenvalue weighted by molar-refractivity contribution is 0.0746. The molecule has 5 heterocycles. The van der Waals surface area contributed by atoms with Crippen molar-refractivity contribution in [3.8, 4) is 11.8 Å². The molecule has 0 unspecified atom stereocenters. The summed E-state index contributed by atoms with van der Waals surface area (Å²) in [5.41, 5.74) is 3.17. The zero-order chi connectivity index (χ0) is 26.0. The number of aliphatic hydroxyl groups is 1. The topological polar surface area (TPSA) is 142 Å². The Balaban J connectivity index is 1.45. The predicted molar refractivity (Wildman–Crippen MR) is 143 cm³/mol. The summed E-state index contributed by atoms with van der Waals surface area (Å²) in [7, 11) is 0. The molecular formula is C26H33N9O2. The van der Waals surface area contributed by atoms with Crippen molar-refractivity contribution in [3.05, 3.63) is 40.8 Å². The molecule has 0 bridgehead atoms. The maximum absolute atomic E-state index is 11.3. The van der Waals surface area contributed by atoms with Crippen LogP contribution in [0.15, 0.2) is 18.3 Å². The minimum Gasteiger partial charge on any atom is -0.377 e. The smallest absolute Gasteiger partial charge is 0.144 e. The molecule has 5 N–H and O–H groups in total. The van der Waals surface area contributed by atoms with Gasteiger partial charge in [-0.2, -0.15) is 10.2 Å². The van der Waals surface area contributed by atoms with E-state index in [0.29, 0.717) is 68.5 Å². The third kappa shape index (κ3) is 5.16. The highest BCUT2D eigenvalue weighted by atomic mass is 16.5. The molecule has 0 saturated carbocycles. The van der Waals surface area contributed by atoms with Gasteiger partial charge in [-0.1, -0.05) is 11.8 Å². The van der Waals surface area contributed by atoms with E-state index >= 15 is 0 Å². The normalized spacial score (nSPS) is 19.3. The van der Waals surface area contributed by atoms with Gasteiger partial charge in [0.2, 0.25) is 0 Å². The minimum atomic E-state index is -1.12. The molecule has 2 aliphatic rings. The highest BCUT2D eigenvalue weighted by Gasteiger charge is 2.32. The minimum absolute atomic E-state index is 0.149. The van der Waals surface area contributed by atoms with Crippen LogP contribution in [0, 0.1) is 31.1 Å². The van der Waals surface area contributed by atoms with E-state index in [2.05, 4.69) is 54.3 Å². The number of morpholine rings is 1. The molecule has 3 aromatic heterocycles. The Bertz CT molecular complexity index is 1290. The zero-order valence-electron chi connectivity index (χ0n) is 21.4. The van der Waals surface area contributed by atoms with E-state index in [1.807, 2.05) is 19.9 Å². The molecule has 0 radical (unpaired) electrons. The third-order valence-corrected chi connectivity index (χ3v) is 7.03. The van der Waals surface area contributed by atoms with Crippen molar-refractivity contribution in [3.63, 3.8) is 0 Å². The van der Waals surface area contributed by atoms with Gasteiger partial charge >= 0.3 is 0 Å². The first-order valence-corrected chi connectivity index (χ1v) is 12.6. The average molecular weight is 504 g/mol. The molecule has 5 rings (SSSR count). The van der Waals surface area contributed by atoms with Gasteiger partial charge in [-0.15, -0.1) is 0 Å². The van der Waals surface area contributed by atoms with Crippen molar-refractivity contribution in [2.45, 2.75) is 45.3 Å². The fourth-order valence-electron chi connectivity index (χ4n) is 4.97. The lowest BCUT2D eigenvalue weighted by Gasteiger charge is -2.36. The molecule has 2 aliphatic heterocycles. The summed E-state index contributed by atoms with van der Waals surface area (Å²) in [6, 6.07) is 3.85. The van der Waals surface area contributed by atoms with E-state index in [4.69, 9.17) is 15.1 Å². The highest BCUT2D eigenvalue weighted by Crippen LogP contribution is 2.30. The largest absolute Gasteiger partial charge is 0.377 e. The van der Waals surface area contributed by atoms with Gasteiger partial charge in [0, 0.05) is 50.3 Å². The number of piperidine rings is 1. The fourth-order valence-corrected chi connectivity index (χ4v) is 4.97. The van der Waals surface area contributed by atoms with Crippen LogP contribution in [0.2, 0.25) is 0 Å². The summed E-state index contributed by atoms with van der Waals surface area (Å²) in [5, 5.41) is 36.9. The molecule has 11 heteroatoms. The van der Waals surface area contributed by atoms with E-state index in [0.717, 1.165) is 22.9 Å². The Labute approximate surface area is 216 Å². The summed E-state index contributed by atoms with van der Waals surface area (Å²) in [4.78, 5) is 9.27. The Kier molecular flexibility index (Phi) is 6.86. The van der Waals surface area contributed by atoms with E-state index in [1.54, 1.807) is 12.3 Å². The van der Waals surface area contributed by atoms with E-state index in [-0.39, 0.29) is 6.04 Å². The fraction of sp³-hybridized carbons (Fsp3) is 0.462. The van der Waals surface area contributed by atoms with Gasteiger partial charge in [-0.25, -0.2) is 4.98 Å². The van der Waals surface area contributed by atoms with E-state index < -0.39 is 5.60 Å². The van der Waals surface area contributed by atoms with Gasteiger partial charge < -0.3 is 30.4 Å². The highest BCUT2D eigenvalue weighted by molar-refractivity contribution is 5.90. The number of rotatable bonds is 5. The van der Waals surface area contributed by atoms with Gasteiger partial charge in [-0.05, 0) is 26.8 Å². The van der Waals surface area contributed by atoms with E-state index in [1.165, 1.54) is 6.21 Å². The van der Waals surface area contributed by atoms with E-state index in [9.17, 15) is 5.11 Å². The van der Waals surface area contributed by atoms with Crippen LogP contribution in [0.25, 0.3) is 0 Å². The van der Waals surface area contributed by atoms with Gasteiger partial charge in [0.05, 0.1) is 48.1 Å². The second-order valence-electron chi connectivity index (χ2n) is 9.70. The number of hydrogen-bond donors (Lipinski definition) is 5. The molecule has 37 heavy (non-hydrogen) atoms. The lowest BCUT2D eigenvalue weighted by atomic mass is 9.91. The van der Waals surface area contributed by atoms with Crippen LogP contribution in [0.5, 0.6) is 0 Å². The Morgan fingerprint density at radius 3 is 2.73 bits per heavy atom. The molecular weight excluding hydrogens is 470 g/mol. The van der Waals surface area contributed by atoms with Gasteiger partial charge in [0.25, 0.3) is 0 Å². The lowest BCUT2D eigenvalue weighted by Crippen LogP contribution is -2.44. The number of H-pyrrole nitrogens is 2. The van der Waals surface area contributed by atoms with Crippen LogP contribution in [0.1, 0.15) is 42.3 Å². The summed E-state index contributed by atoms with van der Waals surface area (Å²) in [6.45, 7) is 9.41. The van der Waals surface area contributed by atoms with Crippen LogP contribution in [0.4, 0.5) is 23.1 Å². The number of aromatic nitrogens is 5. The Morgan fingerprint density at radius 1 is 1.27 bits per heavy atom. The maximum atomic E-state index is 11.3. The molecule has 0 aliphatic carbocycles. The average Bonchev–Trinajstić information content (AvgIpc) is 3.53. The third-order valence-electron chi connectivity index (χ3n) is 7.03. The first-order valence-electron chi connectivity index (χ1n) is 12.6. The molecule has 2 fully saturated rings. The molecule has 2 saturated heterocycles. The molecule has 194 valence electrons. The summed E-state index contributed by atoms with van der Waals surface area (Å²) >= 11 is 0. The standard InChI is InChI=1S/C26H33N9O2/c1-17-16-37-13-12-35(17)23-14-20(21(15-27)25(30-23)29-22-5-9-28-33-22)4-6-26(36)7-10-34(11-8-26)24-18(2)31-32-19(24)3/h5,9,14-15,17,27,36H,7-8,10-13,16H2,1-3H3,(H,31,32)(H2,28,29,30,33)/t17-/m1/s1. The number of nitrogens with one attached hydrogen (secondary N) is 4. The van der Waals surface area contributed by atoms with Crippen molar-refractivity contribution in [2.24, 2.45) is 0 Å². The maximum Gasteiger partial charge on any atom is 0.144 e. The molecule has 0 spiro atoms. The number of nitrogens with zero attached hydrogens (tertiary/aromatic N) is 5. The van der Waals surface area contributed by atoms with Crippen molar-refractivity contribution in [1.82, 2.24) is 25.4 Å². The monoisotopic (exact) mass is 503 g/mol. The van der Waals surface area contributed by atoms with Gasteiger partial charge in [0.1, 0.15) is 23.1 Å². The van der Waals surface area contributed by atoms with Crippen molar-refractivity contribution < 1.29 is 9.84 Å². The van der Waals surface area contributed by atoms with Crippen LogP contribution >= 0.6 is 0 Å². The Morgan fingerprint density at radius 2 is 2.08 bits per heavy atom. The Hall–Kier alpha value is -3.88. The molecule has 11 nitrogen and oxygen atoms in total. The van der Waals surface area contributed by atoms with Crippen LogP contribution in [0.3, 0.4) is 0 Å². The number of pyridine rings is 1. The zero-order valence-corrected chi connectivity index (χ0v) is 21.4. The summed E-state index contributed by atoms with van der Waals surface area (Å²) < 4.78 is 5.61. The quantitative estimate of drug-likeness (QED) is 0.264. The van der Waals surface area contributed by atoms with Gasteiger partial charge in [-0.3, -0.25) is 10.2 Å². The number of anilines is 4. The van der Waals surface area contributed by atoms with Gasteiger partial charge in [0.15, 0.2) is 0 Å². The number of ether oxygens (including phenoxy) is 1. The van der Waals surface area contributed by atoms with Crippen LogP contribution in [-0.4, -0.2) is 81.2 Å². The SMILES string of the molecule is Cc1n[nH]c(C)c1N1CCC(O)(C#Cc2cc(N3CCOC[C@H]3C)nc(Nc3ccn[nH]3)c2C=N)CC1. The number of aromatic amines is 2.